The van der Waals surface area contributed by atoms with Crippen LogP contribution in [0.1, 0.15) is 142 Å². The van der Waals surface area contributed by atoms with Crippen LogP contribution < -0.4 is 0 Å². The zero-order valence-corrected chi connectivity index (χ0v) is 27.6. The molecule has 0 spiro atoms. The number of esters is 2. The molecule has 0 saturated heterocycles. The molecule has 0 bridgehead atoms. The lowest BCUT2D eigenvalue weighted by Crippen LogP contribution is -2.11. The zero-order chi connectivity index (χ0) is 31.3. The van der Waals surface area contributed by atoms with Crippen LogP contribution in [-0.4, -0.2) is 11.9 Å². The molecule has 0 unspecified atom stereocenters. The summed E-state index contributed by atoms with van der Waals surface area (Å²) in [4.78, 5) is 23.8. The van der Waals surface area contributed by atoms with Crippen LogP contribution in [0.3, 0.4) is 0 Å². The molecule has 3 heteroatoms. The number of hydrogen-bond acceptors (Lipinski definition) is 3. The first-order valence-corrected chi connectivity index (χ1v) is 17.1. The van der Waals surface area contributed by atoms with Crippen LogP contribution in [0.15, 0.2) is 97.2 Å². The molecule has 0 aliphatic rings. The van der Waals surface area contributed by atoms with E-state index in [1.807, 2.05) is 0 Å². The van der Waals surface area contributed by atoms with Crippen molar-refractivity contribution < 1.29 is 14.3 Å². The maximum Gasteiger partial charge on any atom is 0.313 e. The summed E-state index contributed by atoms with van der Waals surface area (Å²) in [5.74, 6) is -0.836. The predicted octanol–water partition coefficient (Wildman–Crippen LogP) is 12.3. The Morgan fingerprint density at radius 2 is 0.628 bits per heavy atom. The predicted molar refractivity (Wildman–Crippen MR) is 188 cm³/mol. The van der Waals surface area contributed by atoms with Gasteiger partial charge in [0.15, 0.2) is 0 Å². The molecule has 0 radical (unpaired) electrons. The van der Waals surface area contributed by atoms with Gasteiger partial charge < -0.3 is 4.74 Å². The van der Waals surface area contributed by atoms with Crippen LogP contribution in [0.25, 0.3) is 0 Å². The van der Waals surface area contributed by atoms with Gasteiger partial charge in [-0.25, -0.2) is 0 Å². The summed E-state index contributed by atoms with van der Waals surface area (Å²) in [5, 5.41) is 0. The van der Waals surface area contributed by atoms with Crippen LogP contribution in [0.5, 0.6) is 0 Å². The number of hydrogen-bond donors (Lipinski definition) is 0. The van der Waals surface area contributed by atoms with Gasteiger partial charge >= 0.3 is 11.9 Å². The first-order valence-electron chi connectivity index (χ1n) is 17.1. The lowest BCUT2D eigenvalue weighted by atomic mass is 10.2. The lowest BCUT2D eigenvalue weighted by Gasteiger charge is -2.01. The summed E-state index contributed by atoms with van der Waals surface area (Å²) in [6, 6.07) is 0. The normalized spacial score (nSPS) is 12.8. The monoisotopic (exact) mass is 590 g/mol. The molecule has 240 valence electrons. The summed E-state index contributed by atoms with van der Waals surface area (Å²) in [6.07, 6.45) is 54.5. The van der Waals surface area contributed by atoms with Crippen molar-refractivity contribution in [1.82, 2.24) is 0 Å². The second-order valence-electron chi connectivity index (χ2n) is 10.8. The molecule has 0 aliphatic heterocycles. The van der Waals surface area contributed by atoms with E-state index in [1.165, 1.54) is 51.4 Å². The van der Waals surface area contributed by atoms with Crippen molar-refractivity contribution in [3.8, 4) is 0 Å². The van der Waals surface area contributed by atoms with Crippen molar-refractivity contribution in [2.24, 2.45) is 0 Å². The van der Waals surface area contributed by atoms with Crippen LogP contribution in [-0.2, 0) is 14.3 Å². The Labute approximate surface area is 265 Å². The Kier molecular flexibility index (Phi) is 32.8. The second kappa shape index (κ2) is 35.3. The SMILES string of the molecule is CCCCCC=CCC=CCC=CCC=CCCCC(=O)OC(=O)CCCC=CCC=CCC=CCC=CCCCCC. The largest absolute Gasteiger partial charge is 0.393 e. The van der Waals surface area contributed by atoms with E-state index in [9.17, 15) is 9.59 Å². The molecule has 0 fully saturated rings. The van der Waals surface area contributed by atoms with Crippen molar-refractivity contribution in [1.29, 1.82) is 0 Å². The van der Waals surface area contributed by atoms with E-state index in [2.05, 4.69) is 111 Å². The quantitative estimate of drug-likeness (QED) is 0.0394. The third kappa shape index (κ3) is 35.2. The molecule has 0 aromatic heterocycles. The van der Waals surface area contributed by atoms with Crippen LogP contribution in [0.4, 0.5) is 0 Å². The minimum absolute atomic E-state index is 0.279. The van der Waals surface area contributed by atoms with E-state index in [1.54, 1.807) is 0 Å². The lowest BCUT2D eigenvalue weighted by molar-refractivity contribution is -0.159. The van der Waals surface area contributed by atoms with E-state index < -0.39 is 11.9 Å². The van der Waals surface area contributed by atoms with Crippen molar-refractivity contribution in [2.45, 2.75) is 142 Å². The second-order valence-corrected chi connectivity index (χ2v) is 10.8. The van der Waals surface area contributed by atoms with Gasteiger partial charge in [-0.1, -0.05) is 137 Å². The fraction of sp³-hybridized carbons (Fsp3) is 0.550. The highest BCUT2D eigenvalue weighted by Crippen LogP contribution is 2.05. The number of allylic oxidation sites excluding steroid dienone is 16. The Morgan fingerprint density at radius 1 is 0.372 bits per heavy atom. The van der Waals surface area contributed by atoms with Gasteiger partial charge in [0, 0.05) is 12.8 Å². The molecule has 0 aromatic carbocycles. The molecular formula is C40H62O3. The summed E-state index contributed by atoms with van der Waals surface area (Å²) in [7, 11) is 0. The fourth-order valence-electron chi connectivity index (χ4n) is 4.08. The smallest absolute Gasteiger partial charge is 0.313 e. The molecule has 0 aliphatic carbocycles. The Bertz CT molecular complexity index is 807. The summed E-state index contributed by atoms with van der Waals surface area (Å²) >= 11 is 0. The number of rotatable bonds is 28. The van der Waals surface area contributed by atoms with Gasteiger partial charge in [0.25, 0.3) is 0 Å². The summed E-state index contributed by atoms with van der Waals surface area (Å²) in [6.45, 7) is 4.47. The highest BCUT2D eigenvalue weighted by Gasteiger charge is 2.09. The van der Waals surface area contributed by atoms with E-state index in [4.69, 9.17) is 4.74 Å². The average molecular weight is 591 g/mol. The molecular weight excluding hydrogens is 528 g/mol. The first kappa shape index (κ1) is 40.1. The van der Waals surface area contributed by atoms with Crippen molar-refractivity contribution >= 4 is 11.9 Å². The molecule has 0 heterocycles. The molecule has 0 N–H and O–H groups in total. The van der Waals surface area contributed by atoms with Gasteiger partial charge in [-0.3, -0.25) is 9.59 Å². The van der Waals surface area contributed by atoms with Gasteiger partial charge in [-0.2, -0.15) is 0 Å². The first-order chi connectivity index (χ1) is 21.2. The molecule has 0 aromatic rings. The highest BCUT2D eigenvalue weighted by atomic mass is 16.6. The molecule has 3 nitrogen and oxygen atoms in total. The van der Waals surface area contributed by atoms with Crippen LogP contribution in [0, 0.1) is 0 Å². The van der Waals surface area contributed by atoms with E-state index in [0.29, 0.717) is 12.8 Å². The minimum Gasteiger partial charge on any atom is -0.393 e. The fourth-order valence-corrected chi connectivity index (χ4v) is 4.08. The number of carbonyl (C=O) groups is 2. The molecule has 43 heavy (non-hydrogen) atoms. The van der Waals surface area contributed by atoms with Gasteiger partial charge in [0.2, 0.25) is 0 Å². The van der Waals surface area contributed by atoms with Gasteiger partial charge in [-0.15, -0.1) is 0 Å². The third-order valence-electron chi connectivity index (χ3n) is 6.65. The minimum atomic E-state index is -0.418. The molecule has 0 rings (SSSR count). The molecule has 0 saturated carbocycles. The Balaban J connectivity index is 3.64. The van der Waals surface area contributed by atoms with Crippen molar-refractivity contribution in [3.63, 3.8) is 0 Å². The van der Waals surface area contributed by atoms with E-state index in [0.717, 1.165) is 51.4 Å². The maximum atomic E-state index is 11.9. The van der Waals surface area contributed by atoms with Gasteiger partial charge in [0.05, 0.1) is 0 Å². The van der Waals surface area contributed by atoms with E-state index in [-0.39, 0.29) is 12.8 Å². The van der Waals surface area contributed by atoms with E-state index >= 15 is 0 Å². The summed E-state index contributed by atoms with van der Waals surface area (Å²) < 4.78 is 4.94. The third-order valence-corrected chi connectivity index (χ3v) is 6.65. The maximum absolute atomic E-state index is 11.9. The topological polar surface area (TPSA) is 43.4 Å². The average Bonchev–Trinajstić information content (AvgIpc) is 3.00. The summed E-state index contributed by atoms with van der Waals surface area (Å²) in [5.41, 5.74) is 0. The Hall–Kier alpha value is -2.94. The van der Waals surface area contributed by atoms with Crippen molar-refractivity contribution in [2.75, 3.05) is 0 Å². The molecule has 0 amide bonds. The van der Waals surface area contributed by atoms with Gasteiger partial charge in [-0.05, 0) is 89.9 Å². The Morgan fingerprint density at radius 3 is 0.907 bits per heavy atom. The molecule has 0 atom stereocenters. The van der Waals surface area contributed by atoms with Crippen LogP contribution >= 0.6 is 0 Å². The zero-order valence-electron chi connectivity index (χ0n) is 27.6. The number of ether oxygens (including phenoxy) is 1. The number of unbranched alkanes of at least 4 members (excludes halogenated alkanes) is 8. The van der Waals surface area contributed by atoms with Crippen LogP contribution in [0.2, 0.25) is 0 Å². The van der Waals surface area contributed by atoms with Gasteiger partial charge in [0.1, 0.15) is 0 Å². The standard InChI is InChI=1S/C40H62O3/c1-3-5-7-9-11-13-15-17-19-21-23-25-27-29-31-33-35-37-39(41)43-40(42)38-36-34-32-30-28-26-24-22-20-18-16-14-12-10-8-6-4-2/h11-14,17-20,23-26,29-32H,3-10,15-16,21-22,27-28,33-38H2,1-2H3. The number of carbonyl (C=O) groups excluding carboxylic acids is 2. The highest BCUT2D eigenvalue weighted by molar-refractivity contribution is 5.85. The van der Waals surface area contributed by atoms with Crippen molar-refractivity contribution in [3.05, 3.63) is 97.2 Å².